The third-order valence-corrected chi connectivity index (χ3v) is 2.92. The molecule has 0 bridgehead atoms. The number of nitrogens with zero attached hydrogens (tertiary/aromatic N) is 1. The van der Waals surface area contributed by atoms with E-state index >= 15 is 0 Å². The van der Waals surface area contributed by atoms with Crippen molar-refractivity contribution in [2.75, 3.05) is 0 Å². The minimum absolute atomic E-state index is 0. The average molecular weight is 252 g/mol. The van der Waals surface area contributed by atoms with Gasteiger partial charge in [-0.05, 0) is 24.3 Å². The van der Waals surface area contributed by atoms with Gasteiger partial charge < -0.3 is 0 Å². The van der Waals surface area contributed by atoms with Crippen LogP contribution in [-0.2, 0) is 0 Å². The Kier molecular flexibility index (Phi) is 5.02. The lowest BCUT2D eigenvalue weighted by molar-refractivity contribution is 0.112. The van der Waals surface area contributed by atoms with E-state index < -0.39 is 0 Å². The summed E-state index contributed by atoms with van der Waals surface area (Å²) in [5.74, 6) is 0. The first-order chi connectivity index (χ1) is 7.38. The molecule has 0 aliphatic carbocycles. The van der Waals surface area contributed by atoms with Crippen LogP contribution < -0.4 is 0 Å². The quantitative estimate of drug-likeness (QED) is 0.783. The van der Waals surface area contributed by atoms with Crippen molar-refractivity contribution >= 4 is 30.5 Å². The van der Waals surface area contributed by atoms with Crippen molar-refractivity contribution in [1.82, 2.24) is 4.98 Å². The zero-order valence-corrected chi connectivity index (χ0v) is 10.0. The van der Waals surface area contributed by atoms with Crippen molar-refractivity contribution in [3.05, 3.63) is 54.4 Å². The van der Waals surface area contributed by atoms with Gasteiger partial charge in [-0.2, -0.15) is 0 Å². The highest BCUT2D eigenvalue weighted by Crippen LogP contribution is 2.26. The minimum Gasteiger partial charge on any atom is -0.298 e. The SMILES string of the molecule is Cl.O=Cc1ccc(Sc2ccncc2)cc1. The average Bonchev–Trinajstić information content (AvgIpc) is 2.31. The van der Waals surface area contributed by atoms with Gasteiger partial charge in [0.05, 0.1) is 0 Å². The highest BCUT2D eigenvalue weighted by atomic mass is 35.5. The Morgan fingerprint density at radius 2 is 1.50 bits per heavy atom. The summed E-state index contributed by atoms with van der Waals surface area (Å²) in [6.07, 6.45) is 4.38. The van der Waals surface area contributed by atoms with Crippen molar-refractivity contribution in [1.29, 1.82) is 0 Å². The largest absolute Gasteiger partial charge is 0.298 e. The molecule has 0 amide bonds. The highest BCUT2D eigenvalue weighted by Gasteiger charge is 1.96. The molecular weight excluding hydrogens is 242 g/mol. The molecule has 0 saturated heterocycles. The van der Waals surface area contributed by atoms with Gasteiger partial charge in [0, 0.05) is 27.7 Å². The second-order valence-electron chi connectivity index (χ2n) is 2.97. The molecule has 1 aromatic carbocycles. The topological polar surface area (TPSA) is 30.0 Å². The van der Waals surface area contributed by atoms with Crippen LogP contribution in [0.1, 0.15) is 10.4 Å². The van der Waals surface area contributed by atoms with Gasteiger partial charge in [-0.3, -0.25) is 9.78 Å². The molecule has 1 heterocycles. The first kappa shape index (κ1) is 12.7. The molecule has 0 atom stereocenters. The van der Waals surface area contributed by atoms with Gasteiger partial charge >= 0.3 is 0 Å². The molecule has 4 heteroatoms. The van der Waals surface area contributed by atoms with Crippen LogP contribution in [0.4, 0.5) is 0 Å². The molecule has 16 heavy (non-hydrogen) atoms. The molecular formula is C12H10ClNOS. The third kappa shape index (κ3) is 3.36. The van der Waals surface area contributed by atoms with E-state index in [-0.39, 0.29) is 12.4 Å². The third-order valence-electron chi connectivity index (χ3n) is 1.90. The summed E-state index contributed by atoms with van der Waals surface area (Å²) in [4.78, 5) is 16.7. The summed E-state index contributed by atoms with van der Waals surface area (Å²) in [5.41, 5.74) is 0.703. The van der Waals surface area contributed by atoms with Crippen LogP contribution in [0.2, 0.25) is 0 Å². The van der Waals surface area contributed by atoms with Crippen LogP contribution in [0, 0.1) is 0 Å². The molecule has 0 radical (unpaired) electrons. The Labute approximate surface area is 105 Å². The number of pyridine rings is 1. The van der Waals surface area contributed by atoms with Crippen molar-refractivity contribution < 1.29 is 4.79 Å². The lowest BCUT2D eigenvalue weighted by atomic mass is 10.2. The number of rotatable bonds is 3. The summed E-state index contributed by atoms with van der Waals surface area (Å²) in [6.45, 7) is 0. The number of carbonyl (C=O) groups is 1. The number of carbonyl (C=O) groups excluding carboxylic acids is 1. The molecule has 2 nitrogen and oxygen atoms in total. The molecule has 0 fully saturated rings. The van der Waals surface area contributed by atoms with Crippen LogP contribution >= 0.6 is 24.2 Å². The molecule has 0 spiro atoms. The summed E-state index contributed by atoms with van der Waals surface area (Å²) in [7, 11) is 0. The standard InChI is InChI=1S/C12H9NOS.ClH/c14-9-10-1-3-11(4-2-10)15-12-5-7-13-8-6-12;/h1-9H;1H. The first-order valence-corrected chi connectivity index (χ1v) is 5.33. The van der Waals surface area contributed by atoms with Crippen molar-refractivity contribution in [2.24, 2.45) is 0 Å². The molecule has 2 rings (SSSR count). The number of halogens is 1. The van der Waals surface area contributed by atoms with Gasteiger partial charge in [-0.25, -0.2) is 0 Å². The van der Waals surface area contributed by atoms with Gasteiger partial charge in [0.25, 0.3) is 0 Å². The molecule has 0 saturated carbocycles. The number of aromatic nitrogens is 1. The van der Waals surface area contributed by atoms with E-state index in [0.29, 0.717) is 5.56 Å². The fourth-order valence-corrected chi connectivity index (χ4v) is 1.96. The molecule has 1 aromatic heterocycles. The van der Waals surface area contributed by atoms with Crippen LogP contribution in [0.3, 0.4) is 0 Å². The van der Waals surface area contributed by atoms with Crippen LogP contribution in [0.5, 0.6) is 0 Å². The normalized spacial score (nSPS) is 9.25. The summed E-state index contributed by atoms with van der Waals surface area (Å²) in [5, 5.41) is 0. The smallest absolute Gasteiger partial charge is 0.150 e. The molecule has 0 unspecified atom stereocenters. The van der Waals surface area contributed by atoms with Gasteiger partial charge in [0.2, 0.25) is 0 Å². The molecule has 0 aliphatic rings. The van der Waals surface area contributed by atoms with E-state index in [1.807, 2.05) is 36.4 Å². The Morgan fingerprint density at radius 3 is 2.06 bits per heavy atom. The van der Waals surface area contributed by atoms with Crippen molar-refractivity contribution in [3.8, 4) is 0 Å². The zero-order chi connectivity index (χ0) is 10.5. The van der Waals surface area contributed by atoms with Crippen molar-refractivity contribution in [2.45, 2.75) is 9.79 Å². The molecule has 82 valence electrons. The van der Waals surface area contributed by atoms with Crippen LogP contribution in [0.15, 0.2) is 58.6 Å². The van der Waals surface area contributed by atoms with Crippen molar-refractivity contribution in [3.63, 3.8) is 0 Å². The van der Waals surface area contributed by atoms with Gasteiger partial charge in [0.15, 0.2) is 0 Å². The van der Waals surface area contributed by atoms with E-state index in [1.54, 1.807) is 24.2 Å². The second kappa shape index (κ2) is 6.30. The lowest BCUT2D eigenvalue weighted by Gasteiger charge is -2.00. The van der Waals surface area contributed by atoms with E-state index in [2.05, 4.69) is 4.98 Å². The van der Waals surface area contributed by atoms with Gasteiger partial charge in [-0.15, -0.1) is 12.4 Å². The van der Waals surface area contributed by atoms with E-state index in [9.17, 15) is 4.79 Å². The molecule has 2 aromatic rings. The molecule has 0 N–H and O–H groups in total. The Balaban J connectivity index is 0.00000128. The Bertz CT molecular complexity index is 444. The second-order valence-corrected chi connectivity index (χ2v) is 4.12. The number of aldehydes is 1. The fourth-order valence-electron chi connectivity index (χ4n) is 1.16. The Hall–Kier alpha value is -1.32. The number of hydrogen-bond acceptors (Lipinski definition) is 3. The maximum Gasteiger partial charge on any atom is 0.150 e. The fraction of sp³-hybridized carbons (Fsp3) is 0. The lowest BCUT2D eigenvalue weighted by Crippen LogP contribution is -1.79. The summed E-state index contributed by atoms with van der Waals surface area (Å²) < 4.78 is 0. The maximum absolute atomic E-state index is 10.5. The number of benzene rings is 1. The van der Waals surface area contributed by atoms with Crippen LogP contribution in [0.25, 0.3) is 0 Å². The summed E-state index contributed by atoms with van der Waals surface area (Å²) >= 11 is 1.65. The van der Waals surface area contributed by atoms with E-state index in [4.69, 9.17) is 0 Å². The predicted octanol–water partition coefficient (Wildman–Crippen LogP) is 3.47. The highest BCUT2D eigenvalue weighted by molar-refractivity contribution is 7.99. The zero-order valence-electron chi connectivity index (χ0n) is 8.37. The summed E-state index contributed by atoms with van der Waals surface area (Å²) in [6, 6.07) is 11.4. The molecule has 0 aliphatic heterocycles. The Morgan fingerprint density at radius 1 is 0.938 bits per heavy atom. The van der Waals surface area contributed by atoms with Gasteiger partial charge in [0.1, 0.15) is 6.29 Å². The predicted molar refractivity (Wildman–Crippen MR) is 67.4 cm³/mol. The first-order valence-electron chi connectivity index (χ1n) is 4.51. The number of hydrogen-bond donors (Lipinski definition) is 0. The monoisotopic (exact) mass is 251 g/mol. The van der Waals surface area contributed by atoms with E-state index in [1.165, 1.54) is 0 Å². The van der Waals surface area contributed by atoms with Crippen LogP contribution in [-0.4, -0.2) is 11.3 Å². The van der Waals surface area contributed by atoms with Gasteiger partial charge in [-0.1, -0.05) is 23.9 Å². The maximum atomic E-state index is 10.5. The van der Waals surface area contributed by atoms with E-state index in [0.717, 1.165) is 16.1 Å². The minimum atomic E-state index is 0.